The normalized spacial score (nSPS) is 16.5. The maximum atomic E-state index is 5.47. The minimum absolute atomic E-state index is 0.500. The van der Waals surface area contributed by atoms with Crippen LogP contribution in [0.25, 0.3) is 0 Å². The molecule has 3 N–H and O–H groups in total. The fraction of sp³-hybridized carbons (Fsp3) is 1.00. The molecular formula is C10H24N2. The predicted octanol–water partition coefficient (Wildman–Crippen LogP) is 2.30. The quantitative estimate of drug-likeness (QED) is 0.476. The van der Waals surface area contributed by atoms with Gasteiger partial charge in [0.1, 0.15) is 0 Å². The molecule has 2 atom stereocenters. The molecule has 0 aromatic heterocycles. The molecule has 2 heteroatoms. The molecule has 0 spiro atoms. The summed E-state index contributed by atoms with van der Waals surface area (Å²) >= 11 is 0. The van der Waals surface area contributed by atoms with Crippen LogP contribution in [-0.2, 0) is 0 Å². The van der Waals surface area contributed by atoms with E-state index in [-0.39, 0.29) is 0 Å². The Balaban J connectivity index is 3.66. The SMILES string of the molecule is CCC(C)CC(CC(C)C)NN. The molecule has 0 saturated heterocycles. The van der Waals surface area contributed by atoms with Gasteiger partial charge in [0, 0.05) is 6.04 Å². The first kappa shape index (κ1) is 11.9. The maximum Gasteiger partial charge on any atom is 0.0215 e. The topological polar surface area (TPSA) is 38.0 Å². The van der Waals surface area contributed by atoms with Crippen LogP contribution in [0, 0.1) is 11.8 Å². The number of hydrogen-bond donors (Lipinski definition) is 2. The second-order valence-corrected chi connectivity index (χ2v) is 4.24. The molecule has 2 nitrogen and oxygen atoms in total. The number of nitrogens with two attached hydrogens (primary N) is 1. The van der Waals surface area contributed by atoms with E-state index in [1.165, 1.54) is 19.3 Å². The molecule has 12 heavy (non-hydrogen) atoms. The highest BCUT2D eigenvalue weighted by Gasteiger charge is 2.11. The average Bonchev–Trinajstić information content (AvgIpc) is 2.02. The van der Waals surface area contributed by atoms with Crippen LogP contribution in [0.15, 0.2) is 0 Å². The predicted molar refractivity (Wildman–Crippen MR) is 54.6 cm³/mol. The fourth-order valence-electron chi connectivity index (χ4n) is 1.45. The molecule has 0 aliphatic carbocycles. The monoisotopic (exact) mass is 172 g/mol. The smallest absolute Gasteiger partial charge is 0.0215 e. The molecule has 0 aromatic carbocycles. The summed E-state index contributed by atoms with van der Waals surface area (Å²) < 4.78 is 0. The first-order chi connectivity index (χ1) is 5.60. The van der Waals surface area contributed by atoms with E-state index >= 15 is 0 Å². The molecule has 0 aliphatic rings. The number of hydrazine groups is 1. The lowest BCUT2D eigenvalue weighted by Crippen LogP contribution is -2.37. The van der Waals surface area contributed by atoms with Gasteiger partial charge in [-0.15, -0.1) is 0 Å². The first-order valence-electron chi connectivity index (χ1n) is 5.06. The Morgan fingerprint density at radius 1 is 1.17 bits per heavy atom. The van der Waals surface area contributed by atoms with Crippen molar-refractivity contribution in [2.45, 2.75) is 53.0 Å². The van der Waals surface area contributed by atoms with Crippen molar-refractivity contribution in [3.63, 3.8) is 0 Å². The van der Waals surface area contributed by atoms with Gasteiger partial charge in [-0.1, -0.05) is 34.1 Å². The highest BCUT2D eigenvalue weighted by atomic mass is 15.2. The summed E-state index contributed by atoms with van der Waals surface area (Å²) in [7, 11) is 0. The summed E-state index contributed by atoms with van der Waals surface area (Å²) in [5.74, 6) is 6.99. The van der Waals surface area contributed by atoms with Crippen molar-refractivity contribution in [1.29, 1.82) is 0 Å². The Bertz CT molecular complexity index is 102. The molecule has 0 radical (unpaired) electrons. The molecular weight excluding hydrogens is 148 g/mol. The Labute approximate surface area is 76.9 Å². The van der Waals surface area contributed by atoms with Crippen molar-refractivity contribution < 1.29 is 0 Å². The van der Waals surface area contributed by atoms with Gasteiger partial charge in [0.05, 0.1) is 0 Å². The van der Waals surface area contributed by atoms with Crippen LogP contribution >= 0.6 is 0 Å². The lowest BCUT2D eigenvalue weighted by molar-refractivity contribution is 0.348. The van der Waals surface area contributed by atoms with Gasteiger partial charge in [-0.25, -0.2) is 0 Å². The maximum absolute atomic E-state index is 5.47. The minimum atomic E-state index is 0.500. The van der Waals surface area contributed by atoms with Gasteiger partial charge in [0.15, 0.2) is 0 Å². The van der Waals surface area contributed by atoms with Gasteiger partial charge >= 0.3 is 0 Å². The number of hydrogen-bond acceptors (Lipinski definition) is 2. The lowest BCUT2D eigenvalue weighted by atomic mass is 9.94. The highest BCUT2D eigenvalue weighted by molar-refractivity contribution is 4.68. The molecule has 0 aromatic rings. The van der Waals surface area contributed by atoms with Crippen LogP contribution in [0.3, 0.4) is 0 Å². The third-order valence-electron chi connectivity index (χ3n) is 2.38. The van der Waals surface area contributed by atoms with Crippen LogP contribution in [0.1, 0.15) is 47.0 Å². The summed E-state index contributed by atoms with van der Waals surface area (Å²) in [6, 6.07) is 0.500. The summed E-state index contributed by atoms with van der Waals surface area (Å²) in [6.07, 6.45) is 3.63. The van der Waals surface area contributed by atoms with E-state index in [4.69, 9.17) is 5.84 Å². The first-order valence-corrected chi connectivity index (χ1v) is 5.06. The molecule has 0 fully saturated rings. The van der Waals surface area contributed by atoms with Crippen LogP contribution in [0.5, 0.6) is 0 Å². The Hall–Kier alpha value is -0.0800. The van der Waals surface area contributed by atoms with Gasteiger partial charge in [0.25, 0.3) is 0 Å². The molecule has 0 amide bonds. The number of rotatable bonds is 6. The second-order valence-electron chi connectivity index (χ2n) is 4.24. The third kappa shape index (κ3) is 5.56. The van der Waals surface area contributed by atoms with Crippen molar-refractivity contribution in [3.05, 3.63) is 0 Å². The van der Waals surface area contributed by atoms with Crippen LogP contribution in [-0.4, -0.2) is 6.04 Å². The van der Waals surface area contributed by atoms with E-state index in [2.05, 4.69) is 33.1 Å². The Morgan fingerprint density at radius 3 is 2.08 bits per heavy atom. The van der Waals surface area contributed by atoms with Gasteiger partial charge in [-0.3, -0.25) is 11.3 Å². The zero-order valence-corrected chi connectivity index (χ0v) is 8.93. The van der Waals surface area contributed by atoms with E-state index in [0.29, 0.717) is 6.04 Å². The molecule has 0 bridgehead atoms. The molecule has 0 rings (SSSR count). The zero-order chi connectivity index (χ0) is 9.56. The summed E-state index contributed by atoms with van der Waals surface area (Å²) in [5, 5.41) is 0. The Morgan fingerprint density at radius 2 is 1.75 bits per heavy atom. The van der Waals surface area contributed by atoms with E-state index < -0.39 is 0 Å². The summed E-state index contributed by atoms with van der Waals surface area (Å²) in [6.45, 7) is 8.99. The van der Waals surface area contributed by atoms with Crippen LogP contribution in [0.2, 0.25) is 0 Å². The van der Waals surface area contributed by atoms with Crippen molar-refractivity contribution in [2.75, 3.05) is 0 Å². The van der Waals surface area contributed by atoms with Crippen LogP contribution < -0.4 is 11.3 Å². The number of nitrogens with one attached hydrogen (secondary N) is 1. The van der Waals surface area contributed by atoms with Gasteiger partial charge < -0.3 is 0 Å². The lowest BCUT2D eigenvalue weighted by Gasteiger charge is -2.20. The summed E-state index contributed by atoms with van der Waals surface area (Å²) in [5.41, 5.74) is 2.90. The van der Waals surface area contributed by atoms with Crippen molar-refractivity contribution >= 4 is 0 Å². The average molecular weight is 172 g/mol. The molecule has 2 unspecified atom stereocenters. The zero-order valence-electron chi connectivity index (χ0n) is 8.93. The largest absolute Gasteiger partial charge is 0.271 e. The van der Waals surface area contributed by atoms with Crippen LogP contribution in [0.4, 0.5) is 0 Å². The van der Waals surface area contributed by atoms with E-state index in [1.807, 2.05) is 0 Å². The molecule has 0 heterocycles. The minimum Gasteiger partial charge on any atom is -0.271 e. The Kier molecular flexibility index (Phi) is 6.39. The third-order valence-corrected chi connectivity index (χ3v) is 2.38. The second kappa shape index (κ2) is 6.44. The van der Waals surface area contributed by atoms with Crippen molar-refractivity contribution in [2.24, 2.45) is 17.7 Å². The van der Waals surface area contributed by atoms with E-state index in [0.717, 1.165) is 11.8 Å². The fourth-order valence-corrected chi connectivity index (χ4v) is 1.45. The van der Waals surface area contributed by atoms with Crippen molar-refractivity contribution in [1.82, 2.24) is 5.43 Å². The summed E-state index contributed by atoms with van der Waals surface area (Å²) in [4.78, 5) is 0. The highest BCUT2D eigenvalue weighted by Crippen LogP contribution is 2.14. The molecule has 0 aliphatic heterocycles. The standard InChI is InChI=1S/C10H24N2/c1-5-9(4)7-10(12-11)6-8(2)3/h8-10,12H,5-7,11H2,1-4H3. The van der Waals surface area contributed by atoms with Crippen molar-refractivity contribution in [3.8, 4) is 0 Å². The van der Waals surface area contributed by atoms with Gasteiger partial charge in [0.2, 0.25) is 0 Å². The van der Waals surface area contributed by atoms with E-state index in [9.17, 15) is 0 Å². The molecule has 0 saturated carbocycles. The van der Waals surface area contributed by atoms with Gasteiger partial charge in [-0.2, -0.15) is 0 Å². The van der Waals surface area contributed by atoms with Gasteiger partial charge in [-0.05, 0) is 24.7 Å². The van der Waals surface area contributed by atoms with E-state index in [1.54, 1.807) is 0 Å². The molecule has 74 valence electrons.